The molecule has 1 aliphatic heterocycles. The fourth-order valence-electron chi connectivity index (χ4n) is 2.72. The maximum absolute atomic E-state index is 13.0. The van der Waals surface area contributed by atoms with Gasteiger partial charge in [0.05, 0.1) is 12.5 Å². The Kier molecular flexibility index (Phi) is 4.77. The van der Waals surface area contributed by atoms with Crippen LogP contribution in [0, 0.1) is 11.7 Å². The number of likely N-dealkylation sites (tertiary alicyclic amines) is 1. The number of hydrogen-bond donors (Lipinski definition) is 1. The van der Waals surface area contributed by atoms with Gasteiger partial charge in [0.1, 0.15) is 5.82 Å². The van der Waals surface area contributed by atoms with Crippen molar-refractivity contribution < 1.29 is 23.8 Å². The van der Waals surface area contributed by atoms with Gasteiger partial charge in [-0.3, -0.25) is 4.79 Å². The molecule has 2 unspecified atom stereocenters. The Morgan fingerprint density at radius 3 is 2.62 bits per heavy atom. The lowest BCUT2D eigenvalue weighted by Gasteiger charge is -2.36. The molecule has 0 radical (unpaired) electrons. The lowest BCUT2D eigenvalue weighted by Crippen LogP contribution is -2.45. The molecule has 1 aliphatic rings. The lowest BCUT2D eigenvalue weighted by atomic mass is 9.80. The zero-order valence-electron chi connectivity index (χ0n) is 11.8. The van der Waals surface area contributed by atoms with Crippen LogP contribution in [0.1, 0.15) is 24.8 Å². The van der Waals surface area contributed by atoms with Crippen molar-refractivity contribution in [2.45, 2.75) is 19.3 Å². The van der Waals surface area contributed by atoms with Crippen molar-refractivity contribution in [1.29, 1.82) is 0 Å². The van der Waals surface area contributed by atoms with Crippen molar-refractivity contribution >= 4 is 12.1 Å². The van der Waals surface area contributed by atoms with Crippen molar-refractivity contribution in [2.75, 3.05) is 19.7 Å². The minimum Gasteiger partial charge on any atom is -0.466 e. The van der Waals surface area contributed by atoms with Crippen LogP contribution in [-0.4, -0.2) is 41.8 Å². The highest BCUT2D eigenvalue weighted by atomic mass is 19.1. The van der Waals surface area contributed by atoms with E-state index in [4.69, 9.17) is 9.84 Å². The molecule has 5 nitrogen and oxygen atoms in total. The Labute approximate surface area is 122 Å². The molecule has 2 atom stereocenters. The summed E-state index contributed by atoms with van der Waals surface area (Å²) in [6.45, 7) is 2.42. The number of hydrogen-bond acceptors (Lipinski definition) is 3. The summed E-state index contributed by atoms with van der Waals surface area (Å²) in [6.07, 6.45) is -0.525. The first-order valence-electron chi connectivity index (χ1n) is 6.93. The van der Waals surface area contributed by atoms with E-state index in [1.807, 2.05) is 0 Å². The van der Waals surface area contributed by atoms with E-state index < -0.39 is 18.0 Å². The number of ether oxygens (including phenoxy) is 1. The number of benzene rings is 1. The molecule has 1 heterocycles. The van der Waals surface area contributed by atoms with E-state index in [0.29, 0.717) is 13.0 Å². The Bertz CT molecular complexity index is 517. The molecule has 1 saturated heterocycles. The van der Waals surface area contributed by atoms with Crippen LogP contribution in [0.2, 0.25) is 0 Å². The zero-order chi connectivity index (χ0) is 15.4. The Morgan fingerprint density at radius 1 is 1.38 bits per heavy atom. The van der Waals surface area contributed by atoms with E-state index in [1.165, 1.54) is 17.0 Å². The quantitative estimate of drug-likeness (QED) is 0.870. The number of nitrogens with zero attached hydrogens (tertiary/aromatic N) is 1. The van der Waals surface area contributed by atoms with Crippen LogP contribution in [0.5, 0.6) is 0 Å². The number of amides is 1. The first-order chi connectivity index (χ1) is 10.0. The normalized spacial score (nSPS) is 21.9. The second-order valence-electron chi connectivity index (χ2n) is 5.03. The Hall–Kier alpha value is -2.11. The molecule has 2 rings (SSSR count). The van der Waals surface area contributed by atoms with Crippen LogP contribution < -0.4 is 0 Å². The smallest absolute Gasteiger partial charge is 0.407 e. The molecule has 1 fully saturated rings. The fraction of sp³-hybridized carbons (Fsp3) is 0.467. The average molecular weight is 295 g/mol. The maximum atomic E-state index is 13.0. The second kappa shape index (κ2) is 6.56. The van der Waals surface area contributed by atoms with Gasteiger partial charge in [-0.25, -0.2) is 9.18 Å². The van der Waals surface area contributed by atoms with Gasteiger partial charge < -0.3 is 14.7 Å². The van der Waals surface area contributed by atoms with Gasteiger partial charge in [0.15, 0.2) is 0 Å². The molecule has 0 saturated carbocycles. The number of carboxylic acid groups (broad SMARTS) is 1. The third-order valence-electron chi connectivity index (χ3n) is 3.77. The van der Waals surface area contributed by atoms with Crippen LogP contribution in [0.3, 0.4) is 0 Å². The average Bonchev–Trinajstić information content (AvgIpc) is 2.47. The van der Waals surface area contributed by atoms with E-state index in [1.54, 1.807) is 19.1 Å². The molecule has 21 heavy (non-hydrogen) atoms. The van der Waals surface area contributed by atoms with E-state index >= 15 is 0 Å². The molecular weight excluding hydrogens is 277 g/mol. The molecule has 114 valence electrons. The molecule has 1 aromatic carbocycles. The standard InChI is InChI=1S/C15H18FNO4/c1-2-21-14(18)13-9-17(15(19)20)8-7-12(13)10-3-5-11(16)6-4-10/h3-6,12-13H,2,7-9H2,1H3,(H,19,20). The van der Waals surface area contributed by atoms with E-state index in [0.717, 1.165) is 5.56 Å². The van der Waals surface area contributed by atoms with Crippen molar-refractivity contribution in [3.05, 3.63) is 35.6 Å². The van der Waals surface area contributed by atoms with E-state index in [-0.39, 0.29) is 24.9 Å². The van der Waals surface area contributed by atoms with Gasteiger partial charge in [-0.1, -0.05) is 12.1 Å². The highest BCUT2D eigenvalue weighted by Crippen LogP contribution is 2.34. The number of halogens is 1. The summed E-state index contributed by atoms with van der Waals surface area (Å²) in [5.74, 6) is -1.45. The van der Waals surface area contributed by atoms with E-state index in [9.17, 15) is 14.0 Å². The van der Waals surface area contributed by atoms with Gasteiger partial charge >= 0.3 is 12.1 Å². The predicted octanol–water partition coefficient (Wildman–Crippen LogP) is 2.47. The highest BCUT2D eigenvalue weighted by molar-refractivity contribution is 5.75. The minimum absolute atomic E-state index is 0.107. The first kappa shape index (κ1) is 15.3. The molecule has 1 N–H and O–H groups in total. The Morgan fingerprint density at radius 2 is 2.05 bits per heavy atom. The zero-order valence-corrected chi connectivity index (χ0v) is 11.8. The van der Waals surface area contributed by atoms with Gasteiger partial charge in [-0.05, 0) is 31.0 Å². The summed E-state index contributed by atoms with van der Waals surface area (Å²) >= 11 is 0. The van der Waals surface area contributed by atoms with Gasteiger partial charge in [0.25, 0.3) is 0 Å². The predicted molar refractivity (Wildman–Crippen MR) is 73.5 cm³/mol. The third kappa shape index (κ3) is 3.51. The van der Waals surface area contributed by atoms with Crippen molar-refractivity contribution in [3.8, 4) is 0 Å². The summed E-state index contributed by atoms with van der Waals surface area (Å²) in [7, 11) is 0. The first-order valence-corrected chi connectivity index (χ1v) is 6.93. The molecule has 0 aliphatic carbocycles. The van der Waals surface area contributed by atoms with Crippen LogP contribution >= 0.6 is 0 Å². The summed E-state index contributed by atoms with van der Waals surface area (Å²) in [6, 6.07) is 5.98. The molecule has 0 bridgehead atoms. The van der Waals surface area contributed by atoms with Crippen LogP contribution in [-0.2, 0) is 9.53 Å². The number of esters is 1. The lowest BCUT2D eigenvalue weighted by molar-refractivity contribution is -0.150. The molecule has 0 aromatic heterocycles. The maximum Gasteiger partial charge on any atom is 0.407 e. The van der Waals surface area contributed by atoms with Crippen LogP contribution in [0.25, 0.3) is 0 Å². The molecule has 1 amide bonds. The molecule has 1 aromatic rings. The monoisotopic (exact) mass is 295 g/mol. The summed E-state index contributed by atoms with van der Waals surface area (Å²) in [5.41, 5.74) is 0.833. The molecule has 0 spiro atoms. The number of carbonyl (C=O) groups excluding carboxylic acids is 1. The largest absolute Gasteiger partial charge is 0.466 e. The number of rotatable bonds is 3. The van der Waals surface area contributed by atoms with Gasteiger partial charge in [-0.2, -0.15) is 0 Å². The van der Waals surface area contributed by atoms with Gasteiger partial charge in [-0.15, -0.1) is 0 Å². The Balaban J connectivity index is 2.23. The SMILES string of the molecule is CCOC(=O)C1CN(C(=O)O)CCC1c1ccc(F)cc1. The summed E-state index contributed by atoms with van der Waals surface area (Å²) in [4.78, 5) is 24.4. The third-order valence-corrected chi connectivity index (χ3v) is 3.77. The van der Waals surface area contributed by atoms with Gasteiger partial charge in [0, 0.05) is 19.0 Å². The molecule has 6 heteroatoms. The topological polar surface area (TPSA) is 66.8 Å². The van der Waals surface area contributed by atoms with Crippen molar-refractivity contribution in [3.63, 3.8) is 0 Å². The fourth-order valence-corrected chi connectivity index (χ4v) is 2.72. The van der Waals surface area contributed by atoms with Gasteiger partial charge in [0.2, 0.25) is 0 Å². The summed E-state index contributed by atoms with van der Waals surface area (Å²) < 4.78 is 18.1. The summed E-state index contributed by atoms with van der Waals surface area (Å²) in [5, 5.41) is 9.09. The highest BCUT2D eigenvalue weighted by Gasteiger charge is 2.37. The number of carbonyl (C=O) groups is 2. The minimum atomic E-state index is -1.04. The second-order valence-corrected chi connectivity index (χ2v) is 5.03. The van der Waals surface area contributed by atoms with Crippen LogP contribution in [0.15, 0.2) is 24.3 Å². The molecular formula is C15H18FNO4. The van der Waals surface area contributed by atoms with Crippen molar-refractivity contribution in [1.82, 2.24) is 4.90 Å². The van der Waals surface area contributed by atoms with E-state index in [2.05, 4.69) is 0 Å². The van der Waals surface area contributed by atoms with Crippen molar-refractivity contribution in [2.24, 2.45) is 5.92 Å². The van der Waals surface area contributed by atoms with Crippen LogP contribution in [0.4, 0.5) is 9.18 Å². The number of piperidine rings is 1.